The summed E-state index contributed by atoms with van der Waals surface area (Å²) in [5.41, 5.74) is -0.134. The maximum atomic E-state index is 13.3. The van der Waals surface area contributed by atoms with E-state index in [1.165, 1.54) is 25.1 Å². The zero-order valence-corrected chi connectivity index (χ0v) is 9.08. The minimum atomic E-state index is -1.28. The average molecular weight is 246 g/mol. The van der Waals surface area contributed by atoms with Gasteiger partial charge in [0.1, 0.15) is 5.92 Å². The van der Waals surface area contributed by atoms with Crippen molar-refractivity contribution in [3.8, 4) is 0 Å². The molecule has 0 aliphatic heterocycles. The second-order valence-electron chi connectivity index (χ2n) is 3.15. The largest absolute Gasteiger partial charge is 0.481 e. The van der Waals surface area contributed by atoms with Crippen molar-refractivity contribution in [3.05, 3.63) is 29.0 Å². The third kappa shape index (κ3) is 2.70. The highest BCUT2D eigenvalue weighted by molar-refractivity contribution is 6.31. The molecule has 6 heteroatoms. The highest BCUT2D eigenvalue weighted by atomic mass is 35.5. The fraction of sp³-hybridized carbons (Fsp3) is 0.200. The molecule has 0 aromatic heterocycles. The number of carboxylic acid groups (broad SMARTS) is 1. The number of halogens is 2. The molecule has 86 valence electrons. The van der Waals surface area contributed by atoms with Crippen LogP contribution >= 0.6 is 11.6 Å². The van der Waals surface area contributed by atoms with Crippen molar-refractivity contribution in [2.75, 3.05) is 5.32 Å². The van der Waals surface area contributed by atoms with Crippen LogP contribution in [0.4, 0.5) is 10.1 Å². The van der Waals surface area contributed by atoms with Crippen molar-refractivity contribution in [2.24, 2.45) is 5.92 Å². The Balaban J connectivity index is 2.85. The van der Waals surface area contributed by atoms with E-state index in [0.717, 1.165) is 0 Å². The molecule has 1 rings (SSSR count). The molecule has 0 saturated carbocycles. The van der Waals surface area contributed by atoms with Gasteiger partial charge in [0.15, 0.2) is 5.82 Å². The van der Waals surface area contributed by atoms with E-state index in [9.17, 15) is 14.0 Å². The van der Waals surface area contributed by atoms with E-state index in [1.54, 1.807) is 0 Å². The molecule has 1 aromatic rings. The lowest BCUT2D eigenvalue weighted by atomic mass is 10.1. The van der Waals surface area contributed by atoms with Crippen LogP contribution in [0.3, 0.4) is 0 Å². The van der Waals surface area contributed by atoms with E-state index in [-0.39, 0.29) is 10.7 Å². The summed E-state index contributed by atoms with van der Waals surface area (Å²) < 4.78 is 13.3. The molecule has 0 aliphatic carbocycles. The normalized spacial score (nSPS) is 11.9. The molecule has 2 N–H and O–H groups in total. The Hall–Kier alpha value is -1.62. The van der Waals surface area contributed by atoms with Gasteiger partial charge in [-0.1, -0.05) is 17.7 Å². The van der Waals surface area contributed by atoms with E-state index in [2.05, 4.69) is 5.32 Å². The molecule has 1 atom stereocenters. The Labute approximate surface area is 96.0 Å². The third-order valence-corrected chi connectivity index (χ3v) is 2.27. The van der Waals surface area contributed by atoms with E-state index >= 15 is 0 Å². The summed E-state index contributed by atoms with van der Waals surface area (Å²) in [6.07, 6.45) is 0. The SMILES string of the molecule is CC(C(=O)O)C(=O)Nc1cccc(Cl)c1F. The Bertz CT molecular complexity index is 436. The average Bonchev–Trinajstić information content (AvgIpc) is 2.23. The van der Waals surface area contributed by atoms with Gasteiger partial charge in [0.2, 0.25) is 5.91 Å². The fourth-order valence-electron chi connectivity index (χ4n) is 0.953. The molecule has 0 fully saturated rings. The molecular weight excluding hydrogens is 237 g/mol. The Kier molecular flexibility index (Phi) is 3.84. The van der Waals surface area contributed by atoms with Gasteiger partial charge in [-0.25, -0.2) is 4.39 Å². The van der Waals surface area contributed by atoms with Gasteiger partial charge in [0, 0.05) is 0 Å². The van der Waals surface area contributed by atoms with Gasteiger partial charge in [-0.15, -0.1) is 0 Å². The Morgan fingerprint density at radius 1 is 1.50 bits per heavy atom. The van der Waals surface area contributed by atoms with Crippen LogP contribution in [-0.4, -0.2) is 17.0 Å². The minimum absolute atomic E-state index is 0.134. The topological polar surface area (TPSA) is 66.4 Å². The summed E-state index contributed by atoms with van der Waals surface area (Å²) in [5, 5.41) is 10.6. The van der Waals surface area contributed by atoms with Crippen molar-refractivity contribution in [1.82, 2.24) is 0 Å². The predicted molar refractivity (Wildman–Crippen MR) is 56.8 cm³/mol. The fourth-order valence-corrected chi connectivity index (χ4v) is 1.13. The molecule has 0 bridgehead atoms. The molecule has 1 unspecified atom stereocenters. The summed E-state index contributed by atoms with van der Waals surface area (Å²) in [5.74, 6) is -4.11. The highest BCUT2D eigenvalue weighted by Crippen LogP contribution is 2.22. The monoisotopic (exact) mass is 245 g/mol. The molecule has 0 saturated heterocycles. The number of carbonyl (C=O) groups excluding carboxylic acids is 1. The summed E-state index contributed by atoms with van der Waals surface area (Å²) in [4.78, 5) is 21.8. The highest BCUT2D eigenvalue weighted by Gasteiger charge is 2.21. The molecule has 0 heterocycles. The maximum absolute atomic E-state index is 13.3. The molecule has 4 nitrogen and oxygen atoms in total. The van der Waals surface area contributed by atoms with E-state index in [1.807, 2.05) is 0 Å². The number of carboxylic acids is 1. The van der Waals surface area contributed by atoms with Crippen LogP contribution in [0, 0.1) is 11.7 Å². The molecule has 1 amide bonds. The van der Waals surface area contributed by atoms with E-state index in [4.69, 9.17) is 16.7 Å². The zero-order chi connectivity index (χ0) is 12.3. The Morgan fingerprint density at radius 2 is 2.12 bits per heavy atom. The first kappa shape index (κ1) is 12.4. The van der Waals surface area contributed by atoms with Crippen LogP contribution in [0.25, 0.3) is 0 Å². The Morgan fingerprint density at radius 3 is 2.69 bits per heavy atom. The van der Waals surface area contributed by atoms with Crippen LogP contribution in [0.15, 0.2) is 18.2 Å². The van der Waals surface area contributed by atoms with Crippen LogP contribution in [0.1, 0.15) is 6.92 Å². The number of hydrogen-bond acceptors (Lipinski definition) is 2. The van der Waals surface area contributed by atoms with E-state index in [0.29, 0.717) is 0 Å². The van der Waals surface area contributed by atoms with Crippen LogP contribution < -0.4 is 5.32 Å². The van der Waals surface area contributed by atoms with Gasteiger partial charge in [0.25, 0.3) is 0 Å². The van der Waals surface area contributed by atoms with Crippen molar-refractivity contribution < 1.29 is 19.1 Å². The third-order valence-electron chi connectivity index (χ3n) is 1.97. The molecule has 0 aliphatic rings. The maximum Gasteiger partial charge on any atom is 0.315 e. The number of hydrogen-bond donors (Lipinski definition) is 2. The van der Waals surface area contributed by atoms with Gasteiger partial charge < -0.3 is 10.4 Å². The van der Waals surface area contributed by atoms with Crippen molar-refractivity contribution >= 4 is 29.2 Å². The van der Waals surface area contributed by atoms with Gasteiger partial charge in [-0.3, -0.25) is 9.59 Å². The second kappa shape index (κ2) is 4.94. The summed E-state index contributed by atoms with van der Waals surface area (Å²) >= 11 is 5.50. The van der Waals surface area contributed by atoms with Crippen molar-refractivity contribution in [2.45, 2.75) is 6.92 Å². The lowest BCUT2D eigenvalue weighted by Gasteiger charge is -2.09. The summed E-state index contributed by atoms with van der Waals surface area (Å²) in [6, 6.07) is 4.08. The first-order valence-electron chi connectivity index (χ1n) is 4.41. The number of carbonyl (C=O) groups is 2. The lowest BCUT2D eigenvalue weighted by molar-refractivity contribution is -0.144. The minimum Gasteiger partial charge on any atom is -0.481 e. The van der Waals surface area contributed by atoms with Gasteiger partial charge in [-0.2, -0.15) is 0 Å². The molecule has 0 spiro atoms. The smallest absolute Gasteiger partial charge is 0.315 e. The van der Waals surface area contributed by atoms with Gasteiger partial charge in [-0.05, 0) is 19.1 Å². The molecule has 16 heavy (non-hydrogen) atoms. The second-order valence-corrected chi connectivity index (χ2v) is 3.56. The standard InChI is InChI=1S/C10H9ClFNO3/c1-5(10(15)16)9(14)13-7-4-2-3-6(11)8(7)12/h2-5H,1H3,(H,13,14)(H,15,16). The van der Waals surface area contributed by atoms with Gasteiger partial charge in [0.05, 0.1) is 10.7 Å². The van der Waals surface area contributed by atoms with E-state index < -0.39 is 23.6 Å². The lowest BCUT2D eigenvalue weighted by Crippen LogP contribution is -2.27. The van der Waals surface area contributed by atoms with Crippen molar-refractivity contribution in [1.29, 1.82) is 0 Å². The zero-order valence-electron chi connectivity index (χ0n) is 8.33. The summed E-state index contributed by atoms with van der Waals surface area (Å²) in [7, 11) is 0. The number of amides is 1. The van der Waals surface area contributed by atoms with Crippen LogP contribution in [-0.2, 0) is 9.59 Å². The predicted octanol–water partition coefficient (Wildman–Crippen LogP) is 2.14. The quantitative estimate of drug-likeness (QED) is 0.802. The van der Waals surface area contributed by atoms with Crippen molar-refractivity contribution in [3.63, 3.8) is 0 Å². The number of rotatable bonds is 3. The molecule has 1 aromatic carbocycles. The first-order chi connectivity index (χ1) is 7.43. The summed E-state index contributed by atoms with van der Waals surface area (Å²) in [6.45, 7) is 1.21. The van der Waals surface area contributed by atoms with Crippen LogP contribution in [0.2, 0.25) is 5.02 Å². The number of benzene rings is 1. The number of nitrogens with one attached hydrogen (secondary N) is 1. The first-order valence-corrected chi connectivity index (χ1v) is 4.79. The number of anilines is 1. The molecular formula is C10H9ClFNO3. The number of aliphatic carboxylic acids is 1. The van der Waals surface area contributed by atoms with Gasteiger partial charge >= 0.3 is 5.97 Å². The van der Waals surface area contributed by atoms with Crippen LogP contribution in [0.5, 0.6) is 0 Å². The molecule has 0 radical (unpaired) electrons.